The Hall–Kier alpha value is -1.08. The van der Waals surface area contributed by atoms with E-state index in [2.05, 4.69) is 31.8 Å². The van der Waals surface area contributed by atoms with Crippen LogP contribution in [0.5, 0.6) is 0 Å². The average Bonchev–Trinajstić information content (AvgIpc) is 3.17. The van der Waals surface area contributed by atoms with Crippen molar-refractivity contribution in [1.29, 1.82) is 0 Å². The van der Waals surface area contributed by atoms with Crippen molar-refractivity contribution < 1.29 is 0 Å². The molecule has 1 aliphatic carbocycles. The van der Waals surface area contributed by atoms with Crippen LogP contribution >= 0.6 is 24.8 Å². The highest BCUT2D eigenvalue weighted by Gasteiger charge is 2.25. The molecule has 8 heteroatoms. The highest BCUT2D eigenvalue weighted by Crippen LogP contribution is 2.34. The number of imidazole rings is 1. The van der Waals surface area contributed by atoms with E-state index in [1.807, 2.05) is 6.20 Å². The van der Waals surface area contributed by atoms with E-state index in [-0.39, 0.29) is 24.8 Å². The van der Waals surface area contributed by atoms with Gasteiger partial charge in [-0.3, -0.25) is 4.68 Å². The van der Waals surface area contributed by atoms with Crippen molar-refractivity contribution in [2.24, 2.45) is 11.7 Å². The van der Waals surface area contributed by atoms with Gasteiger partial charge in [-0.05, 0) is 50.8 Å². The Morgan fingerprint density at radius 3 is 2.96 bits per heavy atom. The highest BCUT2D eigenvalue weighted by atomic mass is 35.5. The summed E-state index contributed by atoms with van der Waals surface area (Å²) in [4.78, 5) is 4.61. The maximum absolute atomic E-state index is 5.90. The van der Waals surface area contributed by atoms with Gasteiger partial charge in [0.1, 0.15) is 5.69 Å². The Kier molecular flexibility index (Phi) is 7.31. The van der Waals surface area contributed by atoms with E-state index in [1.165, 1.54) is 25.0 Å². The zero-order valence-corrected chi connectivity index (χ0v) is 16.1. The molecule has 0 aromatic carbocycles. The van der Waals surface area contributed by atoms with Crippen molar-refractivity contribution in [3.63, 3.8) is 0 Å². The average molecular weight is 387 g/mol. The second-order valence-corrected chi connectivity index (χ2v) is 6.85. The molecule has 1 saturated carbocycles. The monoisotopic (exact) mass is 386 g/mol. The molecule has 3 heterocycles. The van der Waals surface area contributed by atoms with Gasteiger partial charge >= 0.3 is 0 Å². The van der Waals surface area contributed by atoms with Crippen LogP contribution in [0.1, 0.15) is 43.8 Å². The lowest BCUT2D eigenvalue weighted by molar-refractivity contribution is 0.273. The summed E-state index contributed by atoms with van der Waals surface area (Å²) in [6, 6.07) is 2.70. The molecule has 140 valence electrons. The Labute approximate surface area is 161 Å². The fourth-order valence-corrected chi connectivity index (χ4v) is 4.01. The number of nitrogens with two attached hydrogens (primary N) is 1. The summed E-state index contributed by atoms with van der Waals surface area (Å²) in [5, 5.41) is 8.27. The number of halogens is 2. The van der Waals surface area contributed by atoms with Crippen LogP contribution in [0.2, 0.25) is 0 Å². The van der Waals surface area contributed by atoms with Crippen LogP contribution < -0.4 is 11.1 Å². The minimum Gasteiger partial charge on any atom is -0.330 e. The predicted molar refractivity (Wildman–Crippen MR) is 104 cm³/mol. The third kappa shape index (κ3) is 4.19. The molecule has 1 fully saturated rings. The smallest absolute Gasteiger partial charge is 0.160 e. The van der Waals surface area contributed by atoms with Crippen molar-refractivity contribution in [3.8, 4) is 11.5 Å². The molecule has 0 saturated heterocycles. The van der Waals surface area contributed by atoms with Gasteiger partial charge in [0.2, 0.25) is 0 Å². The Bertz CT molecular complexity index is 644. The lowest BCUT2D eigenvalue weighted by atomic mass is 9.85. The molecule has 2 aromatic rings. The number of nitrogens with zero attached hydrogens (tertiary/aromatic N) is 4. The molecule has 2 aliphatic rings. The summed E-state index contributed by atoms with van der Waals surface area (Å²) in [6.45, 7) is 3.74. The van der Waals surface area contributed by atoms with Crippen molar-refractivity contribution >= 4 is 24.8 Å². The molecule has 0 radical (unpaired) electrons. The van der Waals surface area contributed by atoms with E-state index < -0.39 is 0 Å². The summed E-state index contributed by atoms with van der Waals surface area (Å²) < 4.78 is 4.47. The van der Waals surface area contributed by atoms with Crippen molar-refractivity contribution in [2.75, 3.05) is 13.1 Å². The molecule has 6 nitrogen and oxygen atoms in total. The summed E-state index contributed by atoms with van der Waals surface area (Å²) in [5.74, 6) is 1.65. The van der Waals surface area contributed by atoms with Gasteiger partial charge in [0.25, 0.3) is 0 Å². The van der Waals surface area contributed by atoms with Gasteiger partial charge < -0.3 is 15.6 Å². The number of rotatable bonds is 3. The molecule has 2 aromatic heterocycles. The molecule has 0 unspecified atom stereocenters. The van der Waals surface area contributed by atoms with Gasteiger partial charge in [-0.1, -0.05) is 6.42 Å². The van der Waals surface area contributed by atoms with Crippen LogP contribution in [0.15, 0.2) is 18.5 Å². The summed E-state index contributed by atoms with van der Waals surface area (Å²) in [6.07, 6.45) is 10.1. The molecule has 1 aliphatic heterocycles. The number of aromatic nitrogens is 4. The van der Waals surface area contributed by atoms with Gasteiger partial charge in [-0.2, -0.15) is 5.10 Å². The van der Waals surface area contributed by atoms with Crippen molar-refractivity contribution in [1.82, 2.24) is 24.6 Å². The molecular formula is C17H28Cl2N6. The van der Waals surface area contributed by atoms with E-state index in [1.54, 1.807) is 0 Å². The third-order valence-electron chi connectivity index (χ3n) is 5.27. The van der Waals surface area contributed by atoms with Crippen molar-refractivity contribution in [2.45, 2.75) is 51.2 Å². The zero-order valence-electron chi connectivity index (χ0n) is 14.4. The largest absolute Gasteiger partial charge is 0.330 e. The first-order chi connectivity index (χ1) is 11.3. The number of fused-ring (bicyclic) bond motifs is 1. The summed E-state index contributed by atoms with van der Waals surface area (Å²) in [7, 11) is 0. The maximum Gasteiger partial charge on any atom is 0.160 e. The molecule has 4 rings (SSSR count). The van der Waals surface area contributed by atoms with E-state index in [0.717, 1.165) is 50.5 Å². The minimum absolute atomic E-state index is 0. The molecule has 0 spiro atoms. The Morgan fingerprint density at radius 2 is 2.12 bits per heavy atom. The fourth-order valence-electron chi connectivity index (χ4n) is 4.01. The first kappa shape index (κ1) is 20.2. The third-order valence-corrected chi connectivity index (χ3v) is 5.27. The quantitative estimate of drug-likeness (QED) is 0.850. The van der Waals surface area contributed by atoms with Gasteiger partial charge in [0.15, 0.2) is 5.82 Å². The highest BCUT2D eigenvalue weighted by molar-refractivity contribution is 5.85. The number of hydrogen-bond acceptors (Lipinski definition) is 4. The lowest BCUT2D eigenvalue weighted by Gasteiger charge is -2.30. The van der Waals surface area contributed by atoms with Gasteiger partial charge in [-0.15, -0.1) is 24.8 Å². The van der Waals surface area contributed by atoms with Crippen molar-refractivity contribution in [3.05, 3.63) is 24.2 Å². The van der Waals surface area contributed by atoms with E-state index >= 15 is 0 Å². The van der Waals surface area contributed by atoms with Crippen LogP contribution in [0, 0.1) is 5.92 Å². The summed E-state index contributed by atoms with van der Waals surface area (Å²) >= 11 is 0. The van der Waals surface area contributed by atoms with Crippen LogP contribution in [0.4, 0.5) is 0 Å². The Morgan fingerprint density at radius 1 is 1.24 bits per heavy atom. The van der Waals surface area contributed by atoms with Gasteiger partial charge in [0.05, 0.1) is 5.69 Å². The second kappa shape index (κ2) is 9.03. The van der Waals surface area contributed by atoms with E-state index in [4.69, 9.17) is 10.8 Å². The number of nitrogens with one attached hydrogen (secondary N) is 1. The fraction of sp³-hybridized carbons (Fsp3) is 0.647. The van der Waals surface area contributed by atoms with Crippen LogP contribution in [0.3, 0.4) is 0 Å². The number of aryl methyl sites for hydroxylation is 1. The predicted octanol–water partition coefficient (Wildman–Crippen LogP) is 2.77. The van der Waals surface area contributed by atoms with Crippen LogP contribution in [-0.4, -0.2) is 32.4 Å². The summed E-state index contributed by atoms with van der Waals surface area (Å²) in [5.41, 5.74) is 8.16. The SMILES string of the molecule is Cl.Cl.NC[C@H]1CCC[C@@H](n2ccnc2-c2cc3n(n2)CCCNC3)C1. The lowest BCUT2D eigenvalue weighted by Crippen LogP contribution is -2.24. The molecular weight excluding hydrogens is 359 g/mol. The second-order valence-electron chi connectivity index (χ2n) is 6.85. The molecule has 25 heavy (non-hydrogen) atoms. The molecule has 3 N–H and O–H groups in total. The topological polar surface area (TPSA) is 73.7 Å². The van der Waals surface area contributed by atoms with Crippen LogP contribution in [-0.2, 0) is 13.1 Å². The van der Waals surface area contributed by atoms with E-state index in [0.29, 0.717) is 12.0 Å². The normalized spacial score (nSPS) is 23.1. The van der Waals surface area contributed by atoms with Gasteiger partial charge in [-0.25, -0.2) is 4.98 Å². The first-order valence-corrected chi connectivity index (χ1v) is 8.86. The number of hydrogen-bond donors (Lipinski definition) is 2. The Balaban J connectivity index is 0.00000113. The molecule has 2 atom stereocenters. The van der Waals surface area contributed by atoms with Gasteiger partial charge in [0, 0.05) is 31.5 Å². The first-order valence-electron chi connectivity index (χ1n) is 8.86. The van der Waals surface area contributed by atoms with Crippen LogP contribution in [0.25, 0.3) is 11.5 Å². The standard InChI is InChI=1S/C17H26N6.2ClH/c18-11-13-3-1-4-14(9-13)22-8-6-20-17(22)16-10-15-12-19-5-2-7-23(15)21-16;;/h6,8,10,13-14,19H,1-5,7,9,11-12,18H2;2*1H/t13-,14+;;/m0../s1. The molecule has 0 amide bonds. The maximum atomic E-state index is 5.90. The minimum atomic E-state index is 0. The van der Waals surface area contributed by atoms with E-state index in [9.17, 15) is 0 Å². The molecule has 0 bridgehead atoms. The zero-order chi connectivity index (χ0) is 15.6.